The van der Waals surface area contributed by atoms with Crippen LogP contribution in [0.2, 0.25) is 0 Å². The van der Waals surface area contributed by atoms with Gasteiger partial charge in [0.05, 0.1) is 25.5 Å². The molecule has 0 atom stereocenters. The Labute approximate surface area is 191 Å². The number of halogens is 1. The Morgan fingerprint density at radius 3 is 2.38 bits per heavy atom. The second-order valence-electron chi connectivity index (χ2n) is 7.57. The lowest BCUT2D eigenvalue weighted by Gasteiger charge is -2.26. The van der Waals surface area contributed by atoms with Gasteiger partial charge in [-0.3, -0.25) is 0 Å². The lowest BCUT2D eigenvalue weighted by atomic mass is 10.1. The molecule has 1 saturated heterocycles. The van der Waals surface area contributed by atoms with Crippen molar-refractivity contribution in [1.82, 2.24) is 9.62 Å². The van der Waals surface area contributed by atoms with Crippen LogP contribution < -0.4 is 11.1 Å². The number of guanidine groups is 1. The van der Waals surface area contributed by atoms with Crippen LogP contribution in [0.1, 0.15) is 49.7 Å². The molecular formula is C20H33IN4O3S. The highest BCUT2D eigenvalue weighted by atomic mass is 127. The van der Waals surface area contributed by atoms with Crippen LogP contribution in [-0.4, -0.2) is 51.0 Å². The van der Waals surface area contributed by atoms with Crippen molar-refractivity contribution in [3.8, 4) is 0 Å². The standard InChI is InChI=1S/C20H32N4O3S.HI/c21-20(23-19-9-3-1-2-4-10-19)22-15-17-7-5-6-8-18(17)16-28(25,26)24-11-13-27-14-12-24;/h5-8,19H,1-4,9-16H2,(H3,21,22,23);1H. The van der Waals surface area contributed by atoms with Crippen LogP contribution in [0.4, 0.5) is 0 Å². The fraction of sp³-hybridized carbons (Fsp3) is 0.650. The van der Waals surface area contributed by atoms with Crippen molar-refractivity contribution in [2.24, 2.45) is 10.7 Å². The molecule has 3 N–H and O–H groups in total. The fourth-order valence-electron chi connectivity index (χ4n) is 3.81. The van der Waals surface area contributed by atoms with Gasteiger partial charge in [-0.1, -0.05) is 49.9 Å². The molecule has 164 valence electrons. The largest absolute Gasteiger partial charge is 0.379 e. The van der Waals surface area contributed by atoms with Crippen molar-refractivity contribution >= 4 is 40.0 Å². The lowest BCUT2D eigenvalue weighted by molar-refractivity contribution is 0.0729. The molecule has 0 bridgehead atoms. The smallest absolute Gasteiger partial charge is 0.218 e. The molecule has 0 radical (unpaired) electrons. The third-order valence-corrected chi connectivity index (χ3v) is 7.27. The van der Waals surface area contributed by atoms with E-state index < -0.39 is 10.0 Å². The van der Waals surface area contributed by atoms with Crippen LogP contribution >= 0.6 is 24.0 Å². The zero-order valence-corrected chi connectivity index (χ0v) is 20.0. The molecular weight excluding hydrogens is 503 g/mol. The van der Waals surface area contributed by atoms with Gasteiger partial charge in [-0.15, -0.1) is 24.0 Å². The molecule has 0 spiro atoms. The maximum Gasteiger partial charge on any atom is 0.218 e. The first-order valence-electron chi connectivity index (χ1n) is 10.2. The van der Waals surface area contributed by atoms with E-state index in [-0.39, 0.29) is 29.7 Å². The van der Waals surface area contributed by atoms with Crippen molar-refractivity contribution in [3.05, 3.63) is 35.4 Å². The Morgan fingerprint density at radius 1 is 1.10 bits per heavy atom. The Kier molecular flexibility index (Phi) is 10.1. The van der Waals surface area contributed by atoms with Gasteiger partial charge in [-0.2, -0.15) is 4.31 Å². The lowest BCUT2D eigenvalue weighted by Crippen LogP contribution is -2.41. The van der Waals surface area contributed by atoms with E-state index in [1.165, 1.54) is 30.0 Å². The second-order valence-corrected chi connectivity index (χ2v) is 9.54. The van der Waals surface area contributed by atoms with Crippen molar-refractivity contribution in [1.29, 1.82) is 0 Å². The van der Waals surface area contributed by atoms with Gasteiger partial charge in [0.25, 0.3) is 0 Å². The SMILES string of the molecule is I.NC(=NCc1ccccc1CS(=O)(=O)N1CCOCC1)NC1CCCCCC1. The van der Waals surface area contributed by atoms with Crippen molar-refractivity contribution in [2.75, 3.05) is 26.3 Å². The monoisotopic (exact) mass is 536 g/mol. The molecule has 1 aromatic carbocycles. The van der Waals surface area contributed by atoms with E-state index in [2.05, 4.69) is 10.3 Å². The van der Waals surface area contributed by atoms with E-state index in [4.69, 9.17) is 10.5 Å². The normalized spacial score (nSPS) is 19.9. The molecule has 0 amide bonds. The van der Waals surface area contributed by atoms with Gasteiger partial charge in [0.2, 0.25) is 10.0 Å². The van der Waals surface area contributed by atoms with Crippen LogP contribution in [0.5, 0.6) is 0 Å². The van der Waals surface area contributed by atoms with Gasteiger partial charge in [-0.25, -0.2) is 13.4 Å². The third-order valence-electron chi connectivity index (χ3n) is 5.45. The van der Waals surface area contributed by atoms with E-state index in [1.807, 2.05) is 24.3 Å². The third kappa shape index (κ3) is 7.69. The first kappa shape index (κ1) is 24.4. The summed E-state index contributed by atoms with van der Waals surface area (Å²) in [5.74, 6) is 0.423. The van der Waals surface area contributed by atoms with E-state index in [9.17, 15) is 8.42 Å². The average Bonchev–Trinajstić information content (AvgIpc) is 2.96. The Morgan fingerprint density at radius 2 is 1.72 bits per heavy atom. The predicted octanol–water partition coefficient (Wildman–Crippen LogP) is 2.59. The Bertz CT molecular complexity index is 759. The van der Waals surface area contributed by atoms with Crippen LogP contribution in [0.25, 0.3) is 0 Å². The summed E-state index contributed by atoms with van der Waals surface area (Å²) in [6.07, 6.45) is 7.30. The highest BCUT2D eigenvalue weighted by molar-refractivity contribution is 14.0. The number of morpholine rings is 1. The van der Waals surface area contributed by atoms with Gasteiger partial charge in [0, 0.05) is 19.1 Å². The number of aliphatic imine (C=N–C) groups is 1. The summed E-state index contributed by atoms with van der Waals surface area (Å²) in [4.78, 5) is 4.48. The minimum absolute atomic E-state index is 0. The predicted molar refractivity (Wildman–Crippen MR) is 127 cm³/mol. The van der Waals surface area contributed by atoms with Gasteiger partial charge in [-0.05, 0) is 24.0 Å². The van der Waals surface area contributed by atoms with Crippen molar-refractivity contribution < 1.29 is 13.2 Å². The summed E-state index contributed by atoms with van der Waals surface area (Å²) < 4.78 is 32.2. The molecule has 1 saturated carbocycles. The molecule has 29 heavy (non-hydrogen) atoms. The number of nitrogens with two attached hydrogens (primary N) is 1. The summed E-state index contributed by atoms with van der Waals surface area (Å²) in [7, 11) is -3.37. The minimum atomic E-state index is -3.37. The first-order chi connectivity index (χ1) is 13.5. The molecule has 1 aromatic rings. The summed E-state index contributed by atoms with van der Waals surface area (Å²) in [6, 6.07) is 7.95. The molecule has 1 heterocycles. The quantitative estimate of drug-likeness (QED) is 0.252. The Hall–Kier alpha value is -0.910. The maximum absolute atomic E-state index is 12.7. The summed E-state index contributed by atoms with van der Waals surface area (Å²) in [6.45, 7) is 2.12. The highest BCUT2D eigenvalue weighted by Gasteiger charge is 2.25. The van der Waals surface area contributed by atoms with E-state index >= 15 is 0 Å². The summed E-state index contributed by atoms with van der Waals surface area (Å²) in [5.41, 5.74) is 7.77. The van der Waals surface area contributed by atoms with Gasteiger partial charge >= 0.3 is 0 Å². The van der Waals surface area contributed by atoms with Crippen LogP contribution in [0.3, 0.4) is 0 Å². The molecule has 0 aromatic heterocycles. The molecule has 2 aliphatic rings. The molecule has 3 rings (SSSR count). The van der Waals surface area contributed by atoms with Crippen LogP contribution in [0.15, 0.2) is 29.3 Å². The van der Waals surface area contributed by atoms with Crippen molar-refractivity contribution in [3.63, 3.8) is 0 Å². The van der Waals surface area contributed by atoms with E-state index in [1.54, 1.807) is 0 Å². The number of sulfonamides is 1. The number of ether oxygens (including phenoxy) is 1. The topological polar surface area (TPSA) is 97.0 Å². The molecule has 2 fully saturated rings. The summed E-state index contributed by atoms with van der Waals surface area (Å²) >= 11 is 0. The van der Waals surface area contributed by atoms with Gasteiger partial charge in [0.1, 0.15) is 0 Å². The highest BCUT2D eigenvalue weighted by Crippen LogP contribution is 2.18. The second kappa shape index (κ2) is 12.1. The zero-order chi connectivity index (χ0) is 19.8. The van der Waals surface area contributed by atoms with Crippen LogP contribution in [-0.2, 0) is 27.1 Å². The van der Waals surface area contributed by atoms with Gasteiger partial charge < -0.3 is 15.8 Å². The molecule has 0 unspecified atom stereocenters. The molecule has 1 aliphatic heterocycles. The molecule has 7 nitrogen and oxygen atoms in total. The Balaban J connectivity index is 0.00000300. The number of rotatable bonds is 6. The summed E-state index contributed by atoms with van der Waals surface area (Å²) in [5, 5.41) is 3.34. The molecule has 1 aliphatic carbocycles. The van der Waals surface area contributed by atoms with E-state index in [0.717, 1.165) is 24.0 Å². The van der Waals surface area contributed by atoms with Gasteiger partial charge in [0.15, 0.2) is 5.96 Å². The van der Waals surface area contributed by atoms with Crippen LogP contribution in [0, 0.1) is 0 Å². The number of nitrogens with one attached hydrogen (secondary N) is 1. The fourth-order valence-corrected chi connectivity index (χ4v) is 5.38. The number of benzene rings is 1. The number of hydrogen-bond acceptors (Lipinski definition) is 4. The zero-order valence-electron chi connectivity index (χ0n) is 16.9. The first-order valence-corrected chi connectivity index (χ1v) is 11.8. The average molecular weight is 536 g/mol. The number of hydrogen-bond donors (Lipinski definition) is 2. The van der Waals surface area contributed by atoms with Crippen molar-refractivity contribution in [2.45, 2.75) is 56.9 Å². The molecule has 9 heteroatoms. The van der Waals surface area contributed by atoms with E-state index in [0.29, 0.717) is 44.8 Å². The number of nitrogens with zero attached hydrogens (tertiary/aromatic N) is 2. The maximum atomic E-state index is 12.7. The minimum Gasteiger partial charge on any atom is -0.379 e.